The summed E-state index contributed by atoms with van der Waals surface area (Å²) in [4.78, 5) is 37.4. The van der Waals surface area contributed by atoms with Crippen LogP contribution in [0.5, 0.6) is 5.75 Å². The summed E-state index contributed by atoms with van der Waals surface area (Å²) in [6.07, 6.45) is 17.8. The van der Waals surface area contributed by atoms with E-state index in [2.05, 4.69) is 109 Å². The van der Waals surface area contributed by atoms with Crippen LogP contribution in [0.2, 0.25) is 0 Å². The molecule has 0 unspecified atom stereocenters. The Morgan fingerprint density at radius 1 is 0.451 bits per heavy atom. The van der Waals surface area contributed by atoms with Gasteiger partial charge in [0.05, 0.1) is 35.3 Å². The molecule has 0 aliphatic rings. The maximum atomic E-state index is 10.0. The molecule has 0 atom stereocenters. The number of aromatic nitrogens is 9. The number of nitrogens with zero attached hydrogens (tertiary/aromatic N) is 9. The molecule has 0 saturated carbocycles. The van der Waals surface area contributed by atoms with Crippen molar-refractivity contribution >= 4 is 5.78 Å². The summed E-state index contributed by atoms with van der Waals surface area (Å²) in [5.74, 6) is 4.24. The van der Waals surface area contributed by atoms with Gasteiger partial charge in [0.25, 0.3) is 0 Å². The summed E-state index contributed by atoms with van der Waals surface area (Å²) in [5, 5.41) is 8.36. The third kappa shape index (κ3) is 23.9. The summed E-state index contributed by atoms with van der Waals surface area (Å²) in [5.41, 5.74) is 12.1. The van der Waals surface area contributed by atoms with Gasteiger partial charge >= 0.3 is 0 Å². The Balaban J connectivity index is 0.000000289. The Labute approximate surface area is 600 Å². The van der Waals surface area contributed by atoms with Gasteiger partial charge in [0.15, 0.2) is 11.5 Å². The maximum Gasteiger partial charge on any atom is 0.155 e. The van der Waals surface area contributed by atoms with Crippen molar-refractivity contribution < 1.29 is 115 Å². The fourth-order valence-electron chi connectivity index (χ4n) is 8.81. The van der Waals surface area contributed by atoms with Crippen molar-refractivity contribution in [1.82, 2.24) is 43.4 Å². The normalized spacial score (nSPS) is 9.80. The molecule has 5 heterocycles. The summed E-state index contributed by atoms with van der Waals surface area (Å²) < 4.78 is 7.83. The van der Waals surface area contributed by atoms with E-state index < -0.39 is 0 Å². The first kappa shape index (κ1) is 77.2. The second-order valence-electron chi connectivity index (χ2n) is 19.2. The van der Waals surface area contributed by atoms with Crippen LogP contribution >= 0.6 is 0 Å². The maximum absolute atomic E-state index is 10.0. The zero-order valence-corrected chi connectivity index (χ0v) is 61.7. The molecule has 91 heavy (non-hydrogen) atoms. The smallest absolute Gasteiger partial charge is 0.155 e. The fraction of sp³-hybridized carbons (Fsp3) is 0.0811. The van der Waals surface area contributed by atoms with Crippen LogP contribution < -0.4 is 4.84 Å². The van der Waals surface area contributed by atoms with Gasteiger partial charge in [-0.3, -0.25) is 24.7 Å². The number of carbonyl (C=O) groups excluding carboxylic acids is 1. The monoisotopic (exact) mass is 2000 g/mol. The predicted molar refractivity (Wildman–Crippen MR) is 342 cm³/mol. The van der Waals surface area contributed by atoms with Gasteiger partial charge in [0, 0.05) is 174 Å². The molecule has 5 aromatic heterocycles. The molecule has 0 aliphatic heterocycles. The molecule has 12 nitrogen and oxygen atoms in total. The number of aliphatic hydroxyl groups excluding tert-OH is 1. The number of aliphatic hydroxyl groups is 1. The average Bonchev–Trinajstić information content (AvgIpc) is 1.94. The molecular weight excluding hydrogens is 1930 g/mol. The van der Waals surface area contributed by atoms with Crippen molar-refractivity contribution in [2.45, 2.75) is 34.6 Å². The first-order valence-corrected chi connectivity index (χ1v) is 27.6. The quantitative estimate of drug-likeness (QED) is 0.0620. The van der Waals surface area contributed by atoms with E-state index in [0.29, 0.717) is 0 Å². The molecule has 0 amide bonds. The van der Waals surface area contributed by atoms with E-state index in [9.17, 15) is 4.79 Å². The molecule has 1 N–H and O–H groups in total. The minimum atomic E-state index is -0.125. The van der Waals surface area contributed by atoms with Crippen LogP contribution in [0.25, 0.3) is 68.2 Å². The molecule has 8 aromatic carbocycles. The Kier molecular flexibility index (Phi) is 35.1. The SMILES string of the molecule is CC(=O)C=C(C)O.Cc1cc(C)c(-n2ccnc2-c2[c-]cccc2)c(C)c1.Cn1ccnc1-c1[c-]cccc1.[Ir].[Ir].[Ir].[Ir].[Rh].[c-]1ccccc1-c1ccccn1.[c-]1ccccc1-c1nccn1-c1ccccc1.[c-]1ccccc1-c1nccn1Oc1ccccc1. The van der Waals surface area contributed by atoms with Crippen molar-refractivity contribution in [3.8, 4) is 73.9 Å². The Morgan fingerprint density at radius 2 is 0.857 bits per heavy atom. The molecule has 13 aromatic rings. The topological polar surface area (TPSA) is 131 Å². The molecule has 0 bridgehead atoms. The largest absolute Gasteiger partial charge is 0.512 e. The number of pyridine rings is 1. The van der Waals surface area contributed by atoms with Gasteiger partial charge < -0.3 is 28.6 Å². The van der Waals surface area contributed by atoms with Crippen molar-refractivity contribution in [1.29, 1.82) is 0 Å². The summed E-state index contributed by atoms with van der Waals surface area (Å²) >= 11 is 0. The zero-order valence-electron chi connectivity index (χ0n) is 50.4. The summed E-state index contributed by atoms with van der Waals surface area (Å²) in [6.45, 7) is 9.27. The standard InChI is InChI=1S/C18H17N2.C15H11N2O.C15H11N2.C11H8N.C10H9N2.C5H8O2.4Ir.Rh/c1-13-11-14(2)17(15(3)12-13)20-10-9-19-18(20)16-7-5-4-6-8-16;1-3-7-13(8-4-1)15-16-11-12-17(15)18-14-9-5-2-6-10-14;1-3-7-13(8-4-1)15-16-11-12-17(15)14-9-5-2-6-10-14;1-2-6-10(7-3-1)11-8-4-5-9-12-11;1-12-8-7-11-10(12)9-5-3-2-4-6-9;1-4(6)3-5(2)7;;;;;/h4-7,9-12H,1-3H3;1-7,9-12H;1-7,9-12H;1-6,8-9H;2-5,7-8H,1H3;3,6H,1-2H3;;;;;/q5*-1;;;;;;. The van der Waals surface area contributed by atoms with Crippen molar-refractivity contribution in [2.75, 3.05) is 0 Å². The molecule has 0 saturated heterocycles. The minimum absolute atomic E-state index is 0. The van der Waals surface area contributed by atoms with E-state index >= 15 is 0 Å². The van der Waals surface area contributed by atoms with Gasteiger partial charge in [0.2, 0.25) is 0 Å². The van der Waals surface area contributed by atoms with Crippen molar-refractivity contribution in [2.24, 2.45) is 7.05 Å². The molecule has 5 radical (unpaired) electrons. The van der Waals surface area contributed by atoms with Gasteiger partial charge in [0.1, 0.15) is 0 Å². The molecule has 17 heteroatoms. The van der Waals surface area contributed by atoms with Crippen LogP contribution in [0.4, 0.5) is 0 Å². The van der Waals surface area contributed by atoms with E-state index in [-0.39, 0.29) is 111 Å². The number of carbonyl (C=O) groups is 1. The number of hydrogen-bond donors (Lipinski definition) is 1. The fourth-order valence-corrected chi connectivity index (χ4v) is 8.81. The zero-order chi connectivity index (χ0) is 60.3. The first-order valence-electron chi connectivity index (χ1n) is 27.6. The van der Waals surface area contributed by atoms with Gasteiger partial charge in [-0.1, -0.05) is 66.2 Å². The van der Waals surface area contributed by atoms with Crippen LogP contribution in [0, 0.1) is 51.1 Å². The van der Waals surface area contributed by atoms with Crippen molar-refractivity contribution in [3.63, 3.8) is 0 Å². The van der Waals surface area contributed by atoms with E-state index in [4.69, 9.17) is 9.94 Å². The number of imidazole rings is 4. The second-order valence-corrected chi connectivity index (χ2v) is 19.2. The number of rotatable bonds is 10. The molecular formula is C74H64Ir4N9O3Rh-5. The Bertz CT molecular complexity index is 4010. The van der Waals surface area contributed by atoms with E-state index in [1.54, 1.807) is 29.5 Å². The third-order valence-electron chi connectivity index (χ3n) is 12.4. The summed E-state index contributed by atoms with van der Waals surface area (Å²) in [6, 6.07) is 85.1. The molecule has 0 spiro atoms. The van der Waals surface area contributed by atoms with Gasteiger partial charge in [-0.15, -0.1) is 179 Å². The number of allylic oxidation sites excluding steroid dienone is 2. The van der Waals surface area contributed by atoms with Crippen LogP contribution in [0.1, 0.15) is 30.5 Å². The van der Waals surface area contributed by atoms with Gasteiger partial charge in [-0.05, 0) is 81.8 Å². The minimum Gasteiger partial charge on any atom is -0.512 e. The number of hydrogen-bond acceptors (Lipinski definition) is 8. The second kappa shape index (κ2) is 41.4. The van der Waals surface area contributed by atoms with Crippen LogP contribution in [-0.2, 0) is 112 Å². The average molecular weight is 2000 g/mol. The van der Waals surface area contributed by atoms with Gasteiger partial charge in [-0.25, -0.2) is 4.73 Å². The van der Waals surface area contributed by atoms with Crippen LogP contribution in [0.3, 0.4) is 0 Å². The molecule has 473 valence electrons. The Hall–Kier alpha value is -8.02. The molecule has 0 aliphatic carbocycles. The number of aryl methyl sites for hydroxylation is 4. The number of para-hydroxylation sites is 2. The Morgan fingerprint density at radius 3 is 1.30 bits per heavy atom. The molecule has 0 fully saturated rings. The first-order chi connectivity index (χ1) is 42.0. The third-order valence-corrected chi connectivity index (χ3v) is 12.4. The predicted octanol–water partition coefficient (Wildman–Crippen LogP) is 16.3. The molecule has 13 rings (SSSR count). The van der Waals surface area contributed by atoms with E-state index in [1.807, 2.05) is 231 Å². The van der Waals surface area contributed by atoms with Gasteiger partial charge in [-0.2, -0.15) is 0 Å². The number of ketones is 1. The van der Waals surface area contributed by atoms with Crippen molar-refractivity contribution in [3.05, 3.63) is 327 Å². The van der Waals surface area contributed by atoms with Crippen LogP contribution in [-0.4, -0.2) is 54.2 Å². The van der Waals surface area contributed by atoms with E-state index in [1.165, 1.54) is 42.3 Å². The number of benzene rings is 8. The van der Waals surface area contributed by atoms with Crippen LogP contribution in [0.15, 0.2) is 280 Å². The summed E-state index contributed by atoms with van der Waals surface area (Å²) in [7, 11) is 1.98. The van der Waals surface area contributed by atoms with E-state index in [0.717, 1.165) is 68.2 Å².